The molecule has 104 valence electrons. The monoisotopic (exact) mass is 294 g/mol. The molecule has 0 aliphatic heterocycles. The lowest BCUT2D eigenvalue weighted by Crippen LogP contribution is -2.04. The molecule has 2 aromatic rings. The molecule has 0 radical (unpaired) electrons. The van der Waals surface area contributed by atoms with Crippen LogP contribution in [-0.4, -0.2) is 31.9 Å². The Hall–Kier alpha value is -1.91. The third-order valence-corrected chi connectivity index (χ3v) is 3.01. The molecule has 0 amide bonds. The maximum atomic E-state index is 12.2. The lowest BCUT2D eigenvalue weighted by molar-refractivity contribution is -0.138. The summed E-state index contributed by atoms with van der Waals surface area (Å²) in [5, 5.41) is 14.2. The second kappa shape index (κ2) is 5.38. The van der Waals surface area contributed by atoms with E-state index >= 15 is 0 Å². The number of hydrogen-bond donors (Lipinski definition) is 3. The molecule has 3 N–H and O–H groups in total. The van der Waals surface area contributed by atoms with Crippen molar-refractivity contribution in [3.05, 3.63) is 21.3 Å². The summed E-state index contributed by atoms with van der Waals surface area (Å²) in [6.07, 6.45) is -3.38. The molecule has 0 spiro atoms. The van der Waals surface area contributed by atoms with Crippen LogP contribution in [0.2, 0.25) is 0 Å². The van der Waals surface area contributed by atoms with Gasteiger partial charge in [0.25, 0.3) is 0 Å². The Morgan fingerprint density at radius 3 is 2.68 bits per heavy atom. The van der Waals surface area contributed by atoms with Crippen LogP contribution in [0.4, 0.5) is 18.3 Å². The zero-order valence-corrected chi connectivity index (χ0v) is 10.2. The van der Waals surface area contributed by atoms with E-state index in [1.165, 1.54) is 0 Å². The average molecular weight is 294 g/mol. The number of aromatic amines is 2. The van der Waals surface area contributed by atoms with Gasteiger partial charge in [0.05, 0.1) is 0 Å². The quantitative estimate of drug-likeness (QED) is 0.715. The average Bonchev–Trinajstić information content (AvgIpc) is 2.93. The summed E-state index contributed by atoms with van der Waals surface area (Å²) in [6.45, 7) is 0.404. The van der Waals surface area contributed by atoms with Crippen molar-refractivity contribution in [2.24, 2.45) is 0 Å². The fraction of sp³-hybridized carbons (Fsp3) is 0.500. The Morgan fingerprint density at radius 2 is 2.11 bits per heavy atom. The Morgan fingerprint density at radius 1 is 1.32 bits per heavy atom. The van der Waals surface area contributed by atoms with Gasteiger partial charge in [-0.25, -0.2) is 9.89 Å². The van der Waals surface area contributed by atoms with Gasteiger partial charge < -0.3 is 5.32 Å². The number of rotatable bonds is 5. The van der Waals surface area contributed by atoms with E-state index in [9.17, 15) is 18.0 Å². The van der Waals surface area contributed by atoms with Gasteiger partial charge in [-0.05, 0) is 6.42 Å². The van der Waals surface area contributed by atoms with Crippen LogP contribution in [0.3, 0.4) is 0 Å². The van der Waals surface area contributed by atoms with E-state index in [0.717, 1.165) is 0 Å². The topological polar surface area (TPSA) is 99.3 Å². The number of H-pyrrole nitrogens is 2. The molecule has 11 heteroatoms. The maximum Gasteiger partial charge on any atom is 0.445 e. The van der Waals surface area contributed by atoms with Gasteiger partial charge in [-0.1, -0.05) is 11.3 Å². The molecule has 19 heavy (non-hydrogen) atoms. The summed E-state index contributed by atoms with van der Waals surface area (Å²) in [7, 11) is 0. The highest BCUT2D eigenvalue weighted by molar-refractivity contribution is 7.15. The van der Waals surface area contributed by atoms with Crippen molar-refractivity contribution in [2.75, 3.05) is 11.9 Å². The molecule has 0 aromatic carbocycles. The third-order valence-electron chi connectivity index (χ3n) is 2.08. The Kier molecular flexibility index (Phi) is 3.83. The number of aryl methyl sites for hydroxylation is 1. The minimum atomic E-state index is -4.47. The zero-order valence-electron chi connectivity index (χ0n) is 9.41. The fourth-order valence-corrected chi connectivity index (χ4v) is 1.92. The zero-order chi connectivity index (χ0) is 13.9. The summed E-state index contributed by atoms with van der Waals surface area (Å²) >= 11 is 0.452. The van der Waals surface area contributed by atoms with E-state index in [1.807, 2.05) is 0 Å². The van der Waals surface area contributed by atoms with E-state index in [-0.39, 0.29) is 10.8 Å². The number of alkyl halides is 3. The van der Waals surface area contributed by atoms with Crippen LogP contribution >= 0.6 is 11.3 Å². The Balaban J connectivity index is 1.77. The molecule has 0 saturated heterocycles. The highest BCUT2D eigenvalue weighted by Gasteiger charge is 2.35. The minimum Gasteiger partial charge on any atom is -0.360 e. The van der Waals surface area contributed by atoms with Gasteiger partial charge in [0.15, 0.2) is 0 Å². The van der Waals surface area contributed by atoms with Gasteiger partial charge in [-0.3, -0.25) is 4.98 Å². The predicted molar refractivity (Wildman–Crippen MR) is 60.9 cm³/mol. The highest BCUT2D eigenvalue weighted by atomic mass is 32.1. The molecule has 7 nitrogen and oxygen atoms in total. The Bertz CT molecular complexity index is 588. The van der Waals surface area contributed by atoms with Gasteiger partial charge in [0.2, 0.25) is 10.1 Å². The maximum absolute atomic E-state index is 12.2. The molecule has 0 unspecified atom stereocenters. The first-order valence-corrected chi connectivity index (χ1v) is 6.05. The number of anilines is 1. The smallest absolute Gasteiger partial charge is 0.360 e. The highest BCUT2D eigenvalue weighted by Crippen LogP contribution is 2.32. The van der Waals surface area contributed by atoms with Crippen LogP contribution in [-0.2, 0) is 12.6 Å². The van der Waals surface area contributed by atoms with Gasteiger partial charge in [0, 0.05) is 13.0 Å². The number of nitrogens with zero attached hydrogens (tertiary/aromatic N) is 3. The van der Waals surface area contributed by atoms with E-state index in [4.69, 9.17) is 0 Å². The van der Waals surface area contributed by atoms with E-state index < -0.39 is 11.2 Å². The van der Waals surface area contributed by atoms with Crippen LogP contribution in [0.1, 0.15) is 17.3 Å². The van der Waals surface area contributed by atoms with Crippen LogP contribution in [0.15, 0.2) is 4.79 Å². The molecule has 2 aromatic heterocycles. The molecule has 2 heterocycles. The second-order valence-corrected chi connectivity index (χ2v) is 4.54. The summed E-state index contributed by atoms with van der Waals surface area (Å²) in [5.41, 5.74) is -0.387. The van der Waals surface area contributed by atoms with Crippen LogP contribution in [0, 0.1) is 0 Å². The first kappa shape index (κ1) is 13.5. The summed E-state index contributed by atoms with van der Waals surface area (Å²) < 4.78 is 36.7. The van der Waals surface area contributed by atoms with Crippen LogP contribution in [0.25, 0.3) is 0 Å². The second-order valence-electron chi connectivity index (χ2n) is 3.56. The predicted octanol–water partition coefficient (Wildman–Crippen LogP) is 1.01. The minimum absolute atomic E-state index is 0.114. The molecule has 0 aliphatic carbocycles. The molecular formula is C8H9F3N6OS. The molecule has 0 fully saturated rings. The van der Waals surface area contributed by atoms with Crippen molar-refractivity contribution in [1.29, 1.82) is 0 Å². The fourth-order valence-electron chi connectivity index (χ4n) is 1.28. The first-order valence-electron chi connectivity index (χ1n) is 5.23. The van der Waals surface area contributed by atoms with Crippen molar-refractivity contribution < 1.29 is 13.2 Å². The van der Waals surface area contributed by atoms with Crippen molar-refractivity contribution in [2.45, 2.75) is 19.0 Å². The van der Waals surface area contributed by atoms with Gasteiger partial charge in [-0.15, -0.1) is 10.2 Å². The van der Waals surface area contributed by atoms with Crippen molar-refractivity contribution >= 4 is 16.5 Å². The lowest BCUT2D eigenvalue weighted by Gasteiger charge is -2.00. The standard InChI is InChI=1S/C8H9F3N6OS/c9-8(10,11)5-15-17-7(19-5)12-3-1-2-4-13-6(18)16-14-4/h1-3H2,(H,12,17)(H2,13,14,16,18). The summed E-state index contributed by atoms with van der Waals surface area (Å²) in [4.78, 5) is 13.2. The van der Waals surface area contributed by atoms with Crippen molar-refractivity contribution in [3.63, 3.8) is 0 Å². The number of aromatic nitrogens is 5. The van der Waals surface area contributed by atoms with Crippen LogP contribution in [0.5, 0.6) is 0 Å². The Labute approximate surface area is 108 Å². The first-order chi connectivity index (χ1) is 8.95. The van der Waals surface area contributed by atoms with Gasteiger partial charge >= 0.3 is 11.9 Å². The SMILES string of the molecule is O=c1[nH]nc(CCCNc2nnc(C(F)(F)F)s2)[nH]1. The van der Waals surface area contributed by atoms with Gasteiger partial charge in [0.1, 0.15) is 5.82 Å². The summed E-state index contributed by atoms with van der Waals surface area (Å²) in [5.74, 6) is 0.500. The van der Waals surface area contributed by atoms with Crippen molar-refractivity contribution in [3.8, 4) is 0 Å². The molecule has 0 atom stereocenters. The number of halogens is 3. The van der Waals surface area contributed by atoms with Crippen molar-refractivity contribution in [1.82, 2.24) is 25.4 Å². The number of hydrogen-bond acceptors (Lipinski definition) is 6. The molecule has 0 aliphatic rings. The lowest BCUT2D eigenvalue weighted by atomic mass is 10.3. The van der Waals surface area contributed by atoms with Crippen LogP contribution < -0.4 is 11.0 Å². The number of nitrogens with one attached hydrogen (secondary N) is 3. The molecule has 0 bridgehead atoms. The normalized spacial score (nSPS) is 11.7. The van der Waals surface area contributed by atoms with Gasteiger partial charge in [-0.2, -0.15) is 18.3 Å². The third kappa shape index (κ3) is 3.77. The van der Waals surface area contributed by atoms with E-state index in [1.54, 1.807) is 0 Å². The molecular weight excluding hydrogens is 285 g/mol. The van der Waals surface area contributed by atoms with E-state index in [0.29, 0.717) is 36.5 Å². The van der Waals surface area contributed by atoms with E-state index in [2.05, 4.69) is 30.7 Å². The summed E-state index contributed by atoms with van der Waals surface area (Å²) in [6, 6.07) is 0. The largest absolute Gasteiger partial charge is 0.445 e. The molecule has 0 saturated carbocycles. The molecule has 2 rings (SSSR count).